The molecule has 3 aromatic rings. The van der Waals surface area contributed by atoms with E-state index in [4.69, 9.17) is 13.9 Å². The minimum atomic E-state index is -0.946. The number of carbonyl (C=O) groups excluding carboxylic acids is 2. The van der Waals surface area contributed by atoms with Crippen LogP contribution < -0.4 is 0 Å². The highest BCUT2D eigenvalue weighted by Gasteiger charge is 2.32. The van der Waals surface area contributed by atoms with E-state index in [-0.39, 0.29) is 6.61 Å². The van der Waals surface area contributed by atoms with Gasteiger partial charge < -0.3 is 13.9 Å². The molecule has 1 atom stereocenters. The number of aromatic nitrogens is 1. The maximum atomic E-state index is 12.2. The van der Waals surface area contributed by atoms with Crippen LogP contribution in [-0.4, -0.2) is 23.0 Å². The van der Waals surface area contributed by atoms with E-state index in [1.54, 1.807) is 18.2 Å². The summed E-state index contributed by atoms with van der Waals surface area (Å²) in [5.74, 6) is -0.659. The van der Waals surface area contributed by atoms with Gasteiger partial charge in [-0.05, 0) is 23.8 Å². The fourth-order valence-electron chi connectivity index (χ4n) is 2.79. The number of benzene rings is 2. The molecule has 1 aliphatic rings. The van der Waals surface area contributed by atoms with E-state index in [9.17, 15) is 9.59 Å². The van der Waals surface area contributed by atoms with Gasteiger partial charge in [0, 0.05) is 12.0 Å². The van der Waals surface area contributed by atoms with Crippen LogP contribution >= 0.6 is 0 Å². The summed E-state index contributed by atoms with van der Waals surface area (Å²) in [4.78, 5) is 28.5. The molecule has 2 aromatic carbocycles. The summed E-state index contributed by atoms with van der Waals surface area (Å²) in [6, 6.07) is 16.5. The molecule has 0 bridgehead atoms. The van der Waals surface area contributed by atoms with Gasteiger partial charge in [0.1, 0.15) is 18.6 Å². The van der Waals surface area contributed by atoms with Gasteiger partial charge in [-0.25, -0.2) is 14.6 Å². The molecule has 6 nitrogen and oxygen atoms in total. The van der Waals surface area contributed by atoms with Gasteiger partial charge in [0.2, 0.25) is 12.0 Å². The number of nitrogens with zero attached hydrogens (tertiary/aromatic N) is 1. The Bertz CT molecular complexity index is 948. The summed E-state index contributed by atoms with van der Waals surface area (Å²) in [6.07, 6.45) is 0.796. The van der Waals surface area contributed by atoms with Crippen LogP contribution in [0, 0.1) is 0 Å². The Morgan fingerprint density at radius 1 is 1.12 bits per heavy atom. The van der Waals surface area contributed by atoms with Crippen LogP contribution in [0.25, 0.3) is 11.5 Å². The van der Waals surface area contributed by atoms with Crippen LogP contribution in [-0.2, 0) is 27.3 Å². The first-order chi connectivity index (χ1) is 12.7. The number of rotatable bonds is 4. The highest BCUT2D eigenvalue weighted by Crippen LogP contribution is 2.22. The zero-order valence-corrected chi connectivity index (χ0v) is 13.8. The Morgan fingerprint density at radius 2 is 1.88 bits per heavy atom. The molecule has 130 valence electrons. The van der Waals surface area contributed by atoms with Crippen molar-refractivity contribution in [3.8, 4) is 11.5 Å². The Morgan fingerprint density at radius 3 is 2.73 bits per heavy atom. The van der Waals surface area contributed by atoms with Gasteiger partial charge in [0.25, 0.3) is 0 Å². The van der Waals surface area contributed by atoms with Crippen LogP contribution in [0.1, 0.15) is 21.6 Å². The van der Waals surface area contributed by atoms with Crippen LogP contribution in [0.5, 0.6) is 0 Å². The highest BCUT2D eigenvalue weighted by atomic mass is 16.6. The number of cyclic esters (lactones) is 1. The largest absolute Gasteiger partial charge is 0.456 e. The Balaban J connectivity index is 1.39. The molecule has 0 N–H and O–H groups in total. The molecule has 1 aliphatic heterocycles. The van der Waals surface area contributed by atoms with E-state index in [1.165, 1.54) is 6.26 Å². The summed E-state index contributed by atoms with van der Waals surface area (Å²) < 4.78 is 15.8. The third-order valence-electron chi connectivity index (χ3n) is 4.09. The maximum absolute atomic E-state index is 12.2. The summed E-state index contributed by atoms with van der Waals surface area (Å²) in [5, 5.41) is 0. The highest BCUT2D eigenvalue weighted by molar-refractivity contribution is 5.94. The first kappa shape index (κ1) is 16.1. The van der Waals surface area contributed by atoms with E-state index in [0.717, 1.165) is 11.1 Å². The second kappa shape index (κ2) is 6.84. The van der Waals surface area contributed by atoms with E-state index in [2.05, 4.69) is 4.98 Å². The van der Waals surface area contributed by atoms with Gasteiger partial charge in [0.15, 0.2) is 0 Å². The summed E-state index contributed by atoms with van der Waals surface area (Å²) >= 11 is 0. The predicted molar refractivity (Wildman–Crippen MR) is 91.1 cm³/mol. The smallest absolute Gasteiger partial charge is 0.348 e. The minimum absolute atomic E-state index is 0.0507. The summed E-state index contributed by atoms with van der Waals surface area (Å²) in [6.45, 7) is -0.0507. The molecule has 0 spiro atoms. The molecule has 2 heterocycles. The quantitative estimate of drug-likeness (QED) is 0.673. The number of hydrogen-bond acceptors (Lipinski definition) is 6. The molecule has 26 heavy (non-hydrogen) atoms. The number of oxazole rings is 1. The van der Waals surface area contributed by atoms with Crippen molar-refractivity contribution < 1.29 is 23.5 Å². The minimum Gasteiger partial charge on any atom is -0.456 e. The lowest BCUT2D eigenvalue weighted by atomic mass is 9.99. The molecule has 4 rings (SSSR count). The molecule has 0 radical (unpaired) electrons. The SMILES string of the molecule is O=C1O[C@@H](C(=O)OCc2coc(-c3ccccc3)n2)Cc2ccccc21. The zero-order valence-electron chi connectivity index (χ0n) is 13.8. The number of carbonyl (C=O) groups is 2. The molecular formula is C20H15NO5. The van der Waals surface area contributed by atoms with Gasteiger partial charge in [0.05, 0.1) is 5.56 Å². The van der Waals surface area contributed by atoms with Gasteiger partial charge in [-0.3, -0.25) is 0 Å². The van der Waals surface area contributed by atoms with Crippen LogP contribution in [0.3, 0.4) is 0 Å². The van der Waals surface area contributed by atoms with Gasteiger partial charge in [-0.1, -0.05) is 36.4 Å². The molecular weight excluding hydrogens is 334 g/mol. The molecule has 0 unspecified atom stereocenters. The second-order valence-corrected chi connectivity index (χ2v) is 5.87. The Labute approximate surface area is 149 Å². The van der Waals surface area contributed by atoms with E-state index in [0.29, 0.717) is 23.6 Å². The van der Waals surface area contributed by atoms with Crippen molar-refractivity contribution in [2.45, 2.75) is 19.1 Å². The van der Waals surface area contributed by atoms with Crippen molar-refractivity contribution >= 4 is 11.9 Å². The average molecular weight is 349 g/mol. The molecule has 0 aliphatic carbocycles. The van der Waals surface area contributed by atoms with Crippen molar-refractivity contribution in [3.05, 3.63) is 77.7 Å². The lowest BCUT2D eigenvalue weighted by Gasteiger charge is -2.22. The number of hydrogen-bond donors (Lipinski definition) is 0. The standard InChI is InChI=1S/C20H15NO5/c22-19-16-9-5-4-8-14(16)10-17(26-19)20(23)25-12-15-11-24-18(21-15)13-6-2-1-3-7-13/h1-9,11,17H,10,12H2/t17-/m1/s1. The molecule has 0 saturated heterocycles. The third-order valence-corrected chi connectivity index (χ3v) is 4.09. The normalized spacial score (nSPS) is 15.8. The van der Waals surface area contributed by atoms with E-state index in [1.807, 2.05) is 36.4 Å². The van der Waals surface area contributed by atoms with Gasteiger partial charge >= 0.3 is 11.9 Å². The average Bonchev–Trinajstić information content (AvgIpc) is 3.16. The number of fused-ring (bicyclic) bond motifs is 1. The molecule has 1 aromatic heterocycles. The van der Waals surface area contributed by atoms with Gasteiger partial charge in [-0.15, -0.1) is 0 Å². The molecule has 6 heteroatoms. The van der Waals surface area contributed by atoms with Crippen molar-refractivity contribution in [2.75, 3.05) is 0 Å². The van der Waals surface area contributed by atoms with Crippen molar-refractivity contribution in [1.82, 2.24) is 4.98 Å². The van der Waals surface area contributed by atoms with E-state index < -0.39 is 18.0 Å². The lowest BCUT2D eigenvalue weighted by molar-refractivity contribution is -0.155. The van der Waals surface area contributed by atoms with Crippen molar-refractivity contribution in [2.24, 2.45) is 0 Å². The predicted octanol–water partition coefficient (Wildman–Crippen LogP) is 3.17. The van der Waals surface area contributed by atoms with Crippen LogP contribution in [0.2, 0.25) is 0 Å². The first-order valence-electron chi connectivity index (χ1n) is 8.16. The summed E-state index contributed by atoms with van der Waals surface area (Å²) in [7, 11) is 0. The van der Waals surface area contributed by atoms with Crippen LogP contribution in [0.4, 0.5) is 0 Å². The van der Waals surface area contributed by atoms with Crippen molar-refractivity contribution in [3.63, 3.8) is 0 Å². The second-order valence-electron chi connectivity index (χ2n) is 5.87. The topological polar surface area (TPSA) is 78.6 Å². The fourth-order valence-corrected chi connectivity index (χ4v) is 2.79. The number of esters is 2. The maximum Gasteiger partial charge on any atom is 0.348 e. The van der Waals surface area contributed by atoms with Crippen molar-refractivity contribution in [1.29, 1.82) is 0 Å². The fraction of sp³-hybridized carbons (Fsp3) is 0.150. The molecule has 0 saturated carbocycles. The van der Waals surface area contributed by atoms with Gasteiger partial charge in [-0.2, -0.15) is 0 Å². The zero-order chi connectivity index (χ0) is 17.9. The Kier molecular flexibility index (Phi) is 4.23. The summed E-state index contributed by atoms with van der Waals surface area (Å²) in [5.41, 5.74) is 2.58. The van der Waals surface area contributed by atoms with Crippen LogP contribution in [0.15, 0.2) is 65.3 Å². The van der Waals surface area contributed by atoms with E-state index >= 15 is 0 Å². The monoisotopic (exact) mass is 349 g/mol. The first-order valence-corrected chi connectivity index (χ1v) is 8.16. The Hall–Kier alpha value is -3.41. The number of ether oxygens (including phenoxy) is 2. The molecule has 0 amide bonds. The molecule has 0 fully saturated rings. The third kappa shape index (κ3) is 3.21. The lowest BCUT2D eigenvalue weighted by Crippen LogP contribution is -2.35.